The highest BCUT2D eigenvalue weighted by atomic mass is 16.5. The number of rotatable bonds is 10. The van der Waals surface area contributed by atoms with Crippen molar-refractivity contribution >= 4 is 11.9 Å². The van der Waals surface area contributed by atoms with E-state index in [1.807, 2.05) is 0 Å². The number of carbonyl (C=O) groups excluding carboxylic acids is 2. The Morgan fingerprint density at radius 1 is 1.21 bits per heavy atom. The zero-order valence-electron chi connectivity index (χ0n) is 12.3. The molecule has 2 unspecified atom stereocenters. The molecule has 0 bridgehead atoms. The van der Waals surface area contributed by atoms with Crippen molar-refractivity contribution in [2.45, 2.75) is 70.9 Å². The molecule has 0 radical (unpaired) electrons. The lowest BCUT2D eigenvalue weighted by molar-refractivity contribution is -0.144. The molecule has 0 heterocycles. The SMILES string of the molecule is CCCCCCCC(O)CC(=O)NC(C)C(=O)OC. The summed E-state index contributed by atoms with van der Waals surface area (Å²) in [6.07, 6.45) is 5.63. The first-order chi connectivity index (χ1) is 9.01. The van der Waals surface area contributed by atoms with E-state index in [1.165, 1.54) is 26.4 Å². The van der Waals surface area contributed by atoms with Crippen LogP contribution in [0.1, 0.15) is 58.8 Å². The standard InChI is InChI=1S/C14H27NO4/c1-4-5-6-7-8-9-12(16)10-13(17)15-11(2)14(18)19-3/h11-12,16H,4-10H2,1-3H3,(H,15,17). The summed E-state index contributed by atoms with van der Waals surface area (Å²) in [5.41, 5.74) is 0. The van der Waals surface area contributed by atoms with Crippen LogP contribution in [0.3, 0.4) is 0 Å². The third-order valence-electron chi connectivity index (χ3n) is 2.99. The Labute approximate surface area is 115 Å². The molecule has 0 saturated heterocycles. The first-order valence-electron chi connectivity index (χ1n) is 7.06. The van der Waals surface area contributed by atoms with Gasteiger partial charge in [-0.1, -0.05) is 39.0 Å². The van der Waals surface area contributed by atoms with Gasteiger partial charge < -0.3 is 15.2 Å². The van der Waals surface area contributed by atoms with Crippen LogP contribution in [-0.2, 0) is 14.3 Å². The number of esters is 1. The molecule has 2 atom stereocenters. The molecular weight excluding hydrogens is 246 g/mol. The van der Waals surface area contributed by atoms with Crippen molar-refractivity contribution in [3.8, 4) is 0 Å². The van der Waals surface area contributed by atoms with E-state index in [0.29, 0.717) is 6.42 Å². The van der Waals surface area contributed by atoms with E-state index in [4.69, 9.17) is 0 Å². The summed E-state index contributed by atoms with van der Waals surface area (Å²) in [6, 6.07) is -0.672. The fourth-order valence-corrected chi connectivity index (χ4v) is 1.84. The second kappa shape index (κ2) is 10.8. The van der Waals surface area contributed by atoms with Crippen LogP contribution in [-0.4, -0.2) is 36.2 Å². The van der Waals surface area contributed by atoms with E-state index in [1.54, 1.807) is 6.92 Å². The molecule has 0 aromatic carbocycles. The average molecular weight is 273 g/mol. The van der Waals surface area contributed by atoms with E-state index in [2.05, 4.69) is 17.0 Å². The monoisotopic (exact) mass is 273 g/mol. The fourth-order valence-electron chi connectivity index (χ4n) is 1.84. The molecular formula is C14H27NO4. The predicted octanol–water partition coefficient (Wildman–Crippen LogP) is 1.78. The second-order valence-electron chi connectivity index (χ2n) is 4.87. The summed E-state index contributed by atoms with van der Waals surface area (Å²) < 4.78 is 4.50. The smallest absolute Gasteiger partial charge is 0.328 e. The molecule has 0 saturated carbocycles. The largest absolute Gasteiger partial charge is 0.467 e. The maximum atomic E-state index is 11.5. The normalized spacial score (nSPS) is 13.7. The number of unbranched alkanes of at least 4 members (excludes halogenated alkanes) is 4. The number of aliphatic hydroxyl groups excluding tert-OH is 1. The summed E-state index contributed by atoms with van der Waals surface area (Å²) >= 11 is 0. The number of ether oxygens (including phenoxy) is 1. The molecule has 0 fully saturated rings. The Balaban J connectivity index is 3.71. The molecule has 0 aromatic rings. The van der Waals surface area contributed by atoms with Crippen molar-refractivity contribution in [1.29, 1.82) is 0 Å². The van der Waals surface area contributed by atoms with E-state index in [9.17, 15) is 14.7 Å². The molecule has 0 aliphatic heterocycles. The van der Waals surface area contributed by atoms with Crippen LogP contribution in [0.15, 0.2) is 0 Å². The maximum Gasteiger partial charge on any atom is 0.328 e. The third-order valence-corrected chi connectivity index (χ3v) is 2.99. The highest BCUT2D eigenvalue weighted by Gasteiger charge is 2.17. The second-order valence-corrected chi connectivity index (χ2v) is 4.87. The van der Waals surface area contributed by atoms with Gasteiger partial charge in [-0.2, -0.15) is 0 Å². The molecule has 5 nitrogen and oxygen atoms in total. The number of nitrogens with one attached hydrogen (secondary N) is 1. The van der Waals surface area contributed by atoms with E-state index in [0.717, 1.165) is 12.8 Å². The number of hydrogen-bond donors (Lipinski definition) is 2. The average Bonchev–Trinajstić information content (AvgIpc) is 2.37. The van der Waals surface area contributed by atoms with Gasteiger partial charge in [0.05, 0.1) is 19.6 Å². The Hall–Kier alpha value is -1.10. The summed E-state index contributed by atoms with van der Waals surface area (Å²) in [7, 11) is 1.27. The van der Waals surface area contributed by atoms with Gasteiger partial charge in [-0.25, -0.2) is 4.79 Å². The molecule has 1 amide bonds. The highest BCUT2D eigenvalue weighted by Crippen LogP contribution is 2.09. The quantitative estimate of drug-likeness (QED) is 0.470. The van der Waals surface area contributed by atoms with Gasteiger partial charge >= 0.3 is 5.97 Å². The summed E-state index contributed by atoms with van der Waals surface area (Å²) in [5, 5.41) is 12.2. The summed E-state index contributed by atoms with van der Waals surface area (Å²) in [5.74, 6) is -0.804. The van der Waals surface area contributed by atoms with E-state index >= 15 is 0 Å². The van der Waals surface area contributed by atoms with Gasteiger partial charge in [-0.05, 0) is 13.3 Å². The predicted molar refractivity (Wildman–Crippen MR) is 73.6 cm³/mol. The van der Waals surface area contributed by atoms with Crippen LogP contribution in [0.2, 0.25) is 0 Å². The minimum absolute atomic E-state index is 0.0368. The number of methoxy groups -OCH3 is 1. The Kier molecular flexibility index (Phi) is 10.2. The zero-order valence-corrected chi connectivity index (χ0v) is 12.3. The van der Waals surface area contributed by atoms with Gasteiger partial charge in [-0.15, -0.1) is 0 Å². The Morgan fingerprint density at radius 3 is 2.42 bits per heavy atom. The molecule has 0 aromatic heterocycles. The number of aliphatic hydroxyl groups is 1. The van der Waals surface area contributed by atoms with Crippen LogP contribution in [0, 0.1) is 0 Å². The first-order valence-corrected chi connectivity index (χ1v) is 7.06. The summed E-state index contributed by atoms with van der Waals surface area (Å²) in [6.45, 7) is 3.71. The van der Waals surface area contributed by atoms with Crippen molar-refractivity contribution in [3.63, 3.8) is 0 Å². The van der Waals surface area contributed by atoms with Crippen LogP contribution in [0.5, 0.6) is 0 Å². The van der Waals surface area contributed by atoms with Gasteiger partial charge in [0.15, 0.2) is 0 Å². The number of hydrogen-bond acceptors (Lipinski definition) is 4. The minimum Gasteiger partial charge on any atom is -0.467 e. The number of carbonyl (C=O) groups is 2. The molecule has 0 spiro atoms. The first kappa shape index (κ1) is 17.9. The lowest BCUT2D eigenvalue weighted by Crippen LogP contribution is -2.40. The van der Waals surface area contributed by atoms with Crippen LogP contribution < -0.4 is 5.32 Å². The van der Waals surface area contributed by atoms with Gasteiger partial charge in [0.2, 0.25) is 5.91 Å². The molecule has 19 heavy (non-hydrogen) atoms. The summed E-state index contributed by atoms with van der Waals surface area (Å²) in [4.78, 5) is 22.6. The van der Waals surface area contributed by atoms with Crippen molar-refractivity contribution < 1.29 is 19.4 Å². The Morgan fingerprint density at radius 2 is 1.84 bits per heavy atom. The molecule has 112 valence electrons. The molecule has 0 aliphatic carbocycles. The molecule has 5 heteroatoms. The highest BCUT2D eigenvalue weighted by molar-refractivity contribution is 5.84. The van der Waals surface area contributed by atoms with Crippen molar-refractivity contribution in [1.82, 2.24) is 5.32 Å². The van der Waals surface area contributed by atoms with Crippen LogP contribution in [0.4, 0.5) is 0 Å². The van der Waals surface area contributed by atoms with E-state index < -0.39 is 18.1 Å². The van der Waals surface area contributed by atoms with Gasteiger partial charge in [0.1, 0.15) is 6.04 Å². The molecule has 0 aliphatic rings. The third kappa shape index (κ3) is 9.47. The van der Waals surface area contributed by atoms with Crippen molar-refractivity contribution in [2.24, 2.45) is 0 Å². The van der Waals surface area contributed by atoms with Crippen LogP contribution in [0.25, 0.3) is 0 Å². The number of amides is 1. The fraction of sp³-hybridized carbons (Fsp3) is 0.857. The Bertz CT molecular complexity index is 268. The van der Waals surface area contributed by atoms with Crippen LogP contribution >= 0.6 is 0 Å². The maximum absolute atomic E-state index is 11.5. The van der Waals surface area contributed by atoms with Gasteiger partial charge in [0.25, 0.3) is 0 Å². The minimum atomic E-state index is -0.672. The van der Waals surface area contributed by atoms with Gasteiger partial charge in [0, 0.05) is 0 Å². The van der Waals surface area contributed by atoms with Gasteiger partial charge in [-0.3, -0.25) is 4.79 Å². The zero-order chi connectivity index (χ0) is 14.7. The lowest BCUT2D eigenvalue weighted by atomic mass is 10.1. The topological polar surface area (TPSA) is 75.6 Å². The van der Waals surface area contributed by atoms with Crippen molar-refractivity contribution in [2.75, 3.05) is 7.11 Å². The lowest BCUT2D eigenvalue weighted by Gasteiger charge is -2.14. The molecule has 0 rings (SSSR count). The van der Waals surface area contributed by atoms with E-state index in [-0.39, 0.29) is 12.3 Å². The van der Waals surface area contributed by atoms with Crippen molar-refractivity contribution in [3.05, 3.63) is 0 Å². The molecule has 2 N–H and O–H groups in total.